The molecule has 1 atom stereocenters. The maximum Gasteiger partial charge on any atom is 0.272 e. The summed E-state index contributed by atoms with van der Waals surface area (Å²) in [5.74, 6) is -0.153. The van der Waals surface area contributed by atoms with Gasteiger partial charge in [-0.15, -0.1) is 0 Å². The molecule has 0 saturated carbocycles. The zero-order valence-electron chi connectivity index (χ0n) is 11.6. The molecule has 7 nitrogen and oxygen atoms in total. The van der Waals surface area contributed by atoms with Crippen LogP contribution in [0.2, 0.25) is 0 Å². The fourth-order valence-electron chi connectivity index (χ4n) is 2.62. The van der Waals surface area contributed by atoms with Crippen molar-refractivity contribution in [3.05, 3.63) is 38.9 Å². The summed E-state index contributed by atoms with van der Waals surface area (Å²) >= 11 is 0. The lowest BCUT2D eigenvalue weighted by atomic mass is 9.88. The van der Waals surface area contributed by atoms with E-state index in [0.717, 1.165) is 13.0 Å². The first kappa shape index (κ1) is 13.6. The van der Waals surface area contributed by atoms with Crippen molar-refractivity contribution in [3.8, 4) is 0 Å². The predicted molar refractivity (Wildman–Crippen MR) is 79.4 cm³/mol. The number of rotatable bonds is 2. The van der Waals surface area contributed by atoms with Gasteiger partial charge in [0, 0.05) is 6.54 Å². The van der Waals surface area contributed by atoms with Gasteiger partial charge in [-0.25, -0.2) is 0 Å². The summed E-state index contributed by atoms with van der Waals surface area (Å²) in [4.78, 5) is 36.1. The largest absolute Gasteiger partial charge is 0.325 e. The fraction of sp³-hybridized carbons (Fsp3) is 0.357. The van der Waals surface area contributed by atoms with Crippen molar-refractivity contribution in [2.45, 2.75) is 13.3 Å². The number of hydrogen-bond donors (Lipinski definition) is 4. The molecule has 3 rings (SSSR count). The molecule has 2 aromatic rings. The summed E-state index contributed by atoms with van der Waals surface area (Å²) in [6.45, 7) is 3.27. The van der Waals surface area contributed by atoms with E-state index >= 15 is 0 Å². The predicted octanol–water partition coefficient (Wildman–Crippen LogP) is 0.154. The minimum Gasteiger partial charge on any atom is -0.325 e. The molecule has 1 amide bonds. The van der Waals surface area contributed by atoms with E-state index in [4.69, 9.17) is 0 Å². The van der Waals surface area contributed by atoms with E-state index < -0.39 is 16.5 Å². The molecule has 21 heavy (non-hydrogen) atoms. The number of carbonyl (C=O) groups excluding carboxylic acids is 1. The normalized spacial score (nSPS) is 21.6. The first-order chi connectivity index (χ1) is 10.0. The number of fused-ring (bicyclic) bond motifs is 1. The average Bonchev–Trinajstić information content (AvgIpc) is 2.91. The molecule has 1 fully saturated rings. The third-order valence-electron chi connectivity index (χ3n) is 3.99. The molecule has 1 aliphatic heterocycles. The van der Waals surface area contributed by atoms with Crippen LogP contribution in [0, 0.1) is 5.41 Å². The van der Waals surface area contributed by atoms with Crippen LogP contribution >= 0.6 is 0 Å². The van der Waals surface area contributed by atoms with E-state index in [0.29, 0.717) is 12.2 Å². The Balaban J connectivity index is 2.06. The summed E-state index contributed by atoms with van der Waals surface area (Å²) < 4.78 is 0. The van der Waals surface area contributed by atoms with Crippen molar-refractivity contribution in [3.63, 3.8) is 0 Å². The lowest BCUT2D eigenvalue weighted by molar-refractivity contribution is -0.123. The Kier molecular flexibility index (Phi) is 3.13. The SMILES string of the molecule is CC1(C(=O)Nc2cccc3c(=O)[nH][nH]c(=O)c23)CCNC1. The smallest absolute Gasteiger partial charge is 0.272 e. The van der Waals surface area contributed by atoms with E-state index in [2.05, 4.69) is 20.8 Å². The van der Waals surface area contributed by atoms with Gasteiger partial charge in [-0.1, -0.05) is 6.07 Å². The van der Waals surface area contributed by atoms with Gasteiger partial charge in [0.2, 0.25) is 5.91 Å². The standard InChI is InChI=1S/C14H16N4O3/c1-14(5-6-15-7-14)13(21)16-9-4-2-3-8-10(9)12(20)18-17-11(8)19/h2-4,15H,5-7H2,1H3,(H,16,21)(H,17,19)(H,18,20). The van der Waals surface area contributed by atoms with Crippen LogP contribution in [0.1, 0.15) is 13.3 Å². The summed E-state index contributed by atoms with van der Waals surface area (Å²) in [5.41, 5.74) is -0.974. The van der Waals surface area contributed by atoms with E-state index in [-0.39, 0.29) is 16.7 Å². The fourth-order valence-corrected chi connectivity index (χ4v) is 2.62. The van der Waals surface area contributed by atoms with Crippen molar-refractivity contribution in [1.82, 2.24) is 15.5 Å². The van der Waals surface area contributed by atoms with Gasteiger partial charge in [0.15, 0.2) is 0 Å². The van der Waals surface area contributed by atoms with Crippen LogP contribution in [0.15, 0.2) is 27.8 Å². The van der Waals surface area contributed by atoms with Gasteiger partial charge in [0.25, 0.3) is 11.1 Å². The molecular weight excluding hydrogens is 272 g/mol. The molecule has 4 N–H and O–H groups in total. The Morgan fingerprint density at radius 3 is 2.71 bits per heavy atom. The van der Waals surface area contributed by atoms with Crippen molar-refractivity contribution in [1.29, 1.82) is 0 Å². The third kappa shape index (κ3) is 2.25. The molecule has 0 radical (unpaired) electrons. The Morgan fingerprint density at radius 1 is 1.24 bits per heavy atom. The average molecular weight is 288 g/mol. The van der Waals surface area contributed by atoms with Gasteiger partial charge in [-0.2, -0.15) is 0 Å². The van der Waals surface area contributed by atoms with Gasteiger partial charge in [0.05, 0.1) is 21.9 Å². The molecule has 1 saturated heterocycles. The molecule has 0 aliphatic carbocycles. The van der Waals surface area contributed by atoms with Crippen LogP contribution in [0.3, 0.4) is 0 Å². The summed E-state index contributed by atoms with van der Waals surface area (Å²) in [6, 6.07) is 4.82. The van der Waals surface area contributed by atoms with Crippen molar-refractivity contribution in [2.75, 3.05) is 18.4 Å². The quantitative estimate of drug-likeness (QED) is 0.631. The van der Waals surface area contributed by atoms with Gasteiger partial charge < -0.3 is 10.6 Å². The molecule has 1 aromatic carbocycles. The van der Waals surface area contributed by atoms with Crippen molar-refractivity contribution < 1.29 is 4.79 Å². The highest BCUT2D eigenvalue weighted by molar-refractivity contribution is 6.03. The zero-order chi connectivity index (χ0) is 15.0. The monoisotopic (exact) mass is 288 g/mol. The van der Waals surface area contributed by atoms with Crippen LogP contribution in [0.25, 0.3) is 10.8 Å². The molecule has 0 bridgehead atoms. The second-order valence-corrected chi connectivity index (χ2v) is 5.58. The number of hydrogen-bond acceptors (Lipinski definition) is 4. The third-order valence-corrected chi connectivity index (χ3v) is 3.99. The van der Waals surface area contributed by atoms with Crippen molar-refractivity contribution in [2.24, 2.45) is 5.41 Å². The number of H-pyrrole nitrogens is 2. The number of nitrogens with one attached hydrogen (secondary N) is 4. The highest BCUT2D eigenvalue weighted by Crippen LogP contribution is 2.27. The Hall–Kier alpha value is -2.41. The van der Waals surface area contributed by atoms with Crippen LogP contribution in [0.4, 0.5) is 5.69 Å². The number of aromatic nitrogens is 2. The summed E-state index contributed by atoms with van der Waals surface area (Å²) in [7, 11) is 0. The van der Waals surface area contributed by atoms with Crippen molar-refractivity contribution >= 4 is 22.4 Å². The maximum absolute atomic E-state index is 12.4. The molecule has 110 valence electrons. The number of benzene rings is 1. The van der Waals surface area contributed by atoms with Crippen LogP contribution in [0.5, 0.6) is 0 Å². The van der Waals surface area contributed by atoms with Crippen LogP contribution < -0.4 is 21.8 Å². The maximum atomic E-state index is 12.4. The minimum absolute atomic E-state index is 0.153. The second kappa shape index (κ2) is 4.85. The number of carbonyl (C=O) groups is 1. The topological polar surface area (TPSA) is 107 Å². The first-order valence-corrected chi connectivity index (χ1v) is 6.77. The summed E-state index contributed by atoms with van der Waals surface area (Å²) in [5, 5.41) is 10.9. The van der Waals surface area contributed by atoms with Crippen LogP contribution in [-0.2, 0) is 4.79 Å². The first-order valence-electron chi connectivity index (χ1n) is 6.77. The Morgan fingerprint density at radius 2 is 2.00 bits per heavy atom. The highest BCUT2D eigenvalue weighted by Gasteiger charge is 2.36. The van der Waals surface area contributed by atoms with Gasteiger partial charge in [0.1, 0.15) is 0 Å². The Labute approximate surface area is 119 Å². The highest BCUT2D eigenvalue weighted by atomic mass is 16.2. The molecular formula is C14H16N4O3. The number of anilines is 1. The van der Waals surface area contributed by atoms with Gasteiger partial charge in [-0.3, -0.25) is 24.6 Å². The molecule has 0 spiro atoms. The lowest BCUT2D eigenvalue weighted by Gasteiger charge is -2.21. The molecule has 2 heterocycles. The van der Waals surface area contributed by atoms with Gasteiger partial charge in [-0.05, 0) is 32.0 Å². The zero-order valence-corrected chi connectivity index (χ0v) is 11.6. The van der Waals surface area contributed by atoms with E-state index in [1.807, 2.05) is 6.92 Å². The van der Waals surface area contributed by atoms with E-state index in [9.17, 15) is 14.4 Å². The van der Waals surface area contributed by atoms with Gasteiger partial charge >= 0.3 is 0 Å². The minimum atomic E-state index is -0.504. The number of amides is 1. The molecule has 7 heteroatoms. The molecule has 1 unspecified atom stereocenters. The number of aromatic amines is 2. The summed E-state index contributed by atoms with van der Waals surface area (Å²) in [6.07, 6.45) is 0.737. The second-order valence-electron chi connectivity index (χ2n) is 5.58. The van der Waals surface area contributed by atoms with E-state index in [1.165, 1.54) is 0 Å². The van der Waals surface area contributed by atoms with E-state index in [1.54, 1.807) is 18.2 Å². The Bertz CT molecular complexity index is 815. The molecule has 1 aromatic heterocycles. The lowest BCUT2D eigenvalue weighted by Crippen LogP contribution is -2.35. The van der Waals surface area contributed by atoms with Crippen LogP contribution in [-0.4, -0.2) is 29.2 Å². The molecule has 1 aliphatic rings.